The third-order valence-corrected chi connectivity index (χ3v) is 4.90. The lowest BCUT2D eigenvalue weighted by Crippen LogP contribution is -2.50. The molecule has 1 saturated heterocycles. The fourth-order valence-electron chi connectivity index (χ4n) is 3.12. The summed E-state index contributed by atoms with van der Waals surface area (Å²) in [7, 11) is 3.94. The minimum atomic E-state index is -0.632. The first-order valence-electron chi connectivity index (χ1n) is 9.54. The summed E-state index contributed by atoms with van der Waals surface area (Å²) in [6, 6.07) is 5.53. The number of rotatable bonds is 6. The Morgan fingerprint density at radius 2 is 2.11 bits per heavy atom. The minimum absolute atomic E-state index is 0.0693. The van der Waals surface area contributed by atoms with Gasteiger partial charge in [-0.15, -0.1) is 0 Å². The Hall–Kier alpha value is -2.12. The number of ether oxygens (including phenoxy) is 2. The van der Waals surface area contributed by atoms with E-state index < -0.39 is 11.8 Å². The fourth-order valence-corrected chi connectivity index (χ4v) is 3.12. The van der Waals surface area contributed by atoms with Crippen LogP contribution < -0.4 is 10.1 Å². The predicted molar refractivity (Wildman–Crippen MR) is 103 cm³/mol. The molecule has 1 heterocycles. The molecular formula is C20H29N3O4. The zero-order valence-corrected chi connectivity index (χ0v) is 16.4. The number of benzene rings is 1. The molecule has 7 nitrogen and oxygen atoms in total. The van der Waals surface area contributed by atoms with Crippen molar-refractivity contribution in [3.8, 4) is 5.75 Å². The molecule has 1 unspecified atom stereocenters. The normalized spacial score (nSPS) is 19.9. The van der Waals surface area contributed by atoms with Gasteiger partial charge in [-0.05, 0) is 57.5 Å². The van der Waals surface area contributed by atoms with E-state index in [0.29, 0.717) is 43.7 Å². The third-order valence-electron chi connectivity index (χ3n) is 4.90. The molecule has 1 aromatic rings. The van der Waals surface area contributed by atoms with E-state index in [0.717, 1.165) is 24.9 Å². The van der Waals surface area contributed by atoms with Crippen molar-refractivity contribution >= 4 is 17.5 Å². The van der Waals surface area contributed by atoms with Crippen LogP contribution in [0.2, 0.25) is 0 Å². The van der Waals surface area contributed by atoms with Gasteiger partial charge in [-0.25, -0.2) is 0 Å². The summed E-state index contributed by atoms with van der Waals surface area (Å²) >= 11 is 0. The molecule has 1 aliphatic heterocycles. The van der Waals surface area contributed by atoms with Crippen molar-refractivity contribution in [3.63, 3.8) is 0 Å². The summed E-state index contributed by atoms with van der Waals surface area (Å²) in [5.41, 5.74) is 1.55. The highest BCUT2D eigenvalue weighted by molar-refractivity contribution is 6.39. The van der Waals surface area contributed by atoms with Gasteiger partial charge in [0.25, 0.3) is 0 Å². The number of carbonyl (C=O) groups excluding carboxylic acids is 2. The van der Waals surface area contributed by atoms with Gasteiger partial charge in [-0.3, -0.25) is 9.59 Å². The van der Waals surface area contributed by atoms with Crippen molar-refractivity contribution in [2.45, 2.75) is 25.9 Å². The van der Waals surface area contributed by atoms with Gasteiger partial charge in [0, 0.05) is 19.6 Å². The molecular weight excluding hydrogens is 346 g/mol. The van der Waals surface area contributed by atoms with Crippen LogP contribution in [-0.4, -0.2) is 74.7 Å². The Morgan fingerprint density at radius 1 is 1.33 bits per heavy atom. The number of hydrogen-bond donors (Lipinski definition) is 1. The van der Waals surface area contributed by atoms with Gasteiger partial charge in [-0.2, -0.15) is 0 Å². The molecule has 0 aromatic heterocycles. The molecule has 2 amide bonds. The molecule has 2 fully saturated rings. The maximum Gasteiger partial charge on any atom is 0.314 e. The molecule has 2 aliphatic rings. The van der Waals surface area contributed by atoms with Crippen molar-refractivity contribution in [2.24, 2.45) is 5.92 Å². The minimum Gasteiger partial charge on any atom is -0.490 e. The highest BCUT2D eigenvalue weighted by Gasteiger charge is 2.37. The molecule has 0 bridgehead atoms. The first kappa shape index (κ1) is 19.6. The number of hydrogen-bond acceptors (Lipinski definition) is 5. The number of carbonyl (C=O) groups is 2. The van der Waals surface area contributed by atoms with Crippen LogP contribution in [0.15, 0.2) is 18.2 Å². The predicted octanol–water partition coefficient (Wildman–Crippen LogP) is 1.51. The SMILES string of the molecule is Cc1ccc(NC(=O)C(=O)N2CCOC(C3CC3)C2)c(OCCN(C)C)c1. The molecule has 1 N–H and O–H groups in total. The smallest absolute Gasteiger partial charge is 0.314 e. The van der Waals surface area contributed by atoms with E-state index in [2.05, 4.69) is 5.32 Å². The average Bonchev–Trinajstić information content (AvgIpc) is 3.48. The molecule has 1 aliphatic carbocycles. The van der Waals surface area contributed by atoms with E-state index in [4.69, 9.17) is 9.47 Å². The van der Waals surface area contributed by atoms with E-state index in [1.54, 1.807) is 11.0 Å². The summed E-state index contributed by atoms with van der Waals surface area (Å²) < 4.78 is 11.5. The lowest BCUT2D eigenvalue weighted by atomic mass is 10.2. The summed E-state index contributed by atoms with van der Waals surface area (Å²) in [4.78, 5) is 28.7. The molecule has 148 valence electrons. The van der Waals surface area contributed by atoms with Gasteiger partial charge in [-0.1, -0.05) is 6.07 Å². The summed E-state index contributed by atoms with van der Waals surface area (Å²) in [5, 5.41) is 2.72. The van der Waals surface area contributed by atoms with Gasteiger partial charge in [0.15, 0.2) is 0 Å². The summed E-state index contributed by atoms with van der Waals surface area (Å²) in [6.45, 7) is 4.66. The summed E-state index contributed by atoms with van der Waals surface area (Å²) in [6.07, 6.45) is 2.37. The quantitative estimate of drug-likeness (QED) is 0.763. The van der Waals surface area contributed by atoms with E-state index in [1.807, 2.05) is 38.1 Å². The van der Waals surface area contributed by atoms with E-state index >= 15 is 0 Å². The van der Waals surface area contributed by atoms with Gasteiger partial charge in [0.1, 0.15) is 12.4 Å². The Kier molecular flexibility index (Phi) is 6.34. The molecule has 1 atom stereocenters. The average molecular weight is 375 g/mol. The van der Waals surface area contributed by atoms with Gasteiger partial charge in [0.05, 0.1) is 18.4 Å². The third kappa shape index (κ3) is 5.43. The van der Waals surface area contributed by atoms with Gasteiger partial charge >= 0.3 is 11.8 Å². The Balaban J connectivity index is 1.61. The lowest BCUT2D eigenvalue weighted by molar-refractivity contribution is -0.148. The number of amides is 2. The van der Waals surface area contributed by atoms with Crippen LogP contribution in [0.1, 0.15) is 18.4 Å². The number of nitrogens with one attached hydrogen (secondary N) is 1. The Labute approximate surface area is 160 Å². The number of likely N-dealkylation sites (N-methyl/N-ethyl adjacent to an activating group) is 1. The van der Waals surface area contributed by atoms with Crippen LogP contribution in [0, 0.1) is 12.8 Å². The first-order valence-corrected chi connectivity index (χ1v) is 9.54. The topological polar surface area (TPSA) is 71.1 Å². The van der Waals surface area contributed by atoms with Crippen LogP contribution in [-0.2, 0) is 14.3 Å². The van der Waals surface area contributed by atoms with Crippen LogP contribution in [0.4, 0.5) is 5.69 Å². The highest BCUT2D eigenvalue weighted by Crippen LogP contribution is 2.35. The van der Waals surface area contributed by atoms with Gasteiger partial charge in [0.2, 0.25) is 0 Å². The number of anilines is 1. The van der Waals surface area contributed by atoms with Crippen LogP contribution in [0.5, 0.6) is 5.75 Å². The maximum absolute atomic E-state index is 12.6. The highest BCUT2D eigenvalue weighted by atomic mass is 16.5. The molecule has 0 spiro atoms. The second kappa shape index (κ2) is 8.71. The largest absolute Gasteiger partial charge is 0.490 e. The number of aryl methyl sites for hydroxylation is 1. The Morgan fingerprint density at radius 3 is 2.81 bits per heavy atom. The molecule has 3 rings (SSSR count). The van der Waals surface area contributed by atoms with Crippen molar-refractivity contribution in [3.05, 3.63) is 23.8 Å². The second-order valence-electron chi connectivity index (χ2n) is 7.60. The van der Waals surface area contributed by atoms with E-state index in [9.17, 15) is 9.59 Å². The molecule has 0 radical (unpaired) electrons. The van der Waals surface area contributed by atoms with Crippen molar-refractivity contribution in [2.75, 3.05) is 52.3 Å². The monoisotopic (exact) mass is 375 g/mol. The standard InChI is InChI=1S/C20H29N3O4/c1-14-4-7-16(17(12-14)26-10-8-22(2)3)21-19(24)20(25)23-9-11-27-18(13-23)15-5-6-15/h4,7,12,15,18H,5-6,8-11,13H2,1-3H3,(H,21,24). The van der Waals surface area contributed by atoms with Crippen LogP contribution in [0.3, 0.4) is 0 Å². The van der Waals surface area contributed by atoms with Crippen LogP contribution in [0.25, 0.3) is 0 Å². The zero-order chi connectivity index (χ0) is 19.4. The fraction of sp³-hybridized carbons (Fsp3) is 0.600. The van der Waals surface area contributed by atoms with Gasteiger partial charge < -0.3 is 24.6 Å². The first-order chi connectivity index (χ1) is 12.9. The van der Waals surface area contributed by atoms with E-state index in [-0.39, 0.29) is 6.10 Å². The molecule has 1 aromatic carbocycles. The van der Waals surface area contributed by atoms with E-state index in [1.165, 1.54) is 0 Å². The van der Waals surface area contributed by atoms with Crippen molar-refractivity contribution in [1.29, 1.82) is 0 Å². The lowest BCUT2D eigenvalue weighted by Gasteiger charge is -2.32. The second-order valence-corrected chi connectivity index (χ2v) is 7.60. The van der Waals surface area contributed by atoms with Crippen molar-refractivity contribution in [1.82, 2.24) is 9.80 Å². The molecule has 1 saturated carbocycles. The Bertz CT molecular complexity index is 688. The summed E-state index contributed by atoms with van der Waals surface area (Å²) in [5.74, 6) is -0.0233. The number of nitrogens with zero attached hydrogens (tertiary/aromatic N) is 2. The van der Waals surface area contributed by atoms with Crippen molar-refractivity contribution < 1.29 is 19.1 Å². The maximum atomic E-state index is 12.6. The van der Waals surface area contributed by atoms with Crippen LogP contribution >= 0.6 is 0 Å². The molecule has 7 heteroatoms. The zero-order valence-electron chi connectivity index (χ0n) is 16.4. The molecule has 27 heavy (non-hydrogen) atoms. The number of morpholine rings is 1.